The van der Waals surface area contributed by atoms with Gasteiger partial charge in [0.05, 0.1) is 0 Å². The van der Waals surface area contributed by atoms with E-state index in [9.17, 15) is 19.5 Å². The highest BCUT2D eigenvalue weighted by Gasteiger charge is 2.19. The Hall–Kier alpha value is -2.67. The first-order valence-corrected chi connectivity index (χ1v) is 23.5. The van der Waals surface area contributed by atoms with Crippen LogP contribution in [-0.4, -0.2) is 41.6 Å². The molecule has 2 atom stereocenters. The summed E-state index contributed by atoms with van der Waals surface area (Å²) < 4.78 is 6.03. The van der Waals surface area contributed by atoms with Gasteiger partial charge in [0.15, 0.2) is 0 Å². The number of hydrogen-bond acceptors (Lipinski definition) is 5. The quantitative estimate of drug-likeness (QED) is 0.0322. The highest BCUT2D eigenvalue weighted by atomic mass is 16.5. The Kier molecular flexibility index (Phi) is 41.4. The van der Waals surface area contributed by atoms with E-state index in [0.29, 0.717) is 32.2 Å². The molecule has 0 aromatic carbocycles. The number of hydrogen-bond donors (Lipinski definition) is 3. The number of carbonyl (C=O) groups excluding carboxylic acids is 2. The summed E-state index contributed by atoms with van der Waals surface area (Å²) in [5.74, 6) is -1.26. The van der Waals surface area contributed by atoms with Gasteiger partial charge in [0.2, 0.25) is 5.91 Å². The minimum absolute atomic E-state index is 0.0331. The first kappa shape index (κ1) is 53.3. The zero-order chi connectivity index (χ0) is 41.0. The molecule has 56 heavy (non-hydrogen) atoms. The second kappa shape index (κ2) is 43.5. The van der Waals surface area contributed by atoms with Crippen molar-refractivity contribution in [3.8, 4) is 0 Å². The molecule has 1 amide bonds. The lowest BCUT2D eigenvalue weighted by Crippen LogP contribution is -2.40. The minimum atomic E-state index is -1.01. The highest BCUT2D eigenvalue weighted by molar-refractivity contribution is 5.83. The van der Waals surface area contributed by atoms with Crippen molar-refractivity contribution in [1.29, 1.82) is 0 Å². The van der Waals surface area contributed by atoms with Gasteiger partial charge < -0.3 is 20.9 Å². The van der Waals surface area contributed by atoms with E-state index in [2.05, 4.69) is 67.8 Å². The maximum atomic E-state index is 12.8. The number of carbonyl (C=O) groups is 3. The topological polar surface area (TPSA) is 119 Å². The van der Waals surface area contributed by atoms with Gasteiger partial charge in [0.1, 0.15) is 12.1 Å². The second-order valence-electron chi connectivity index (χ2n) is 15.8. The van der Waals surface area contributed by atoms with Crippen LogP contribution in [0.3, 0.4) is 0 Å². The number of carboxylic acid groups (broad SMARTS) is 1. The fourth-order valence-electron chi connectivity index (χ4n) is 6.81. The molecule has 7 nitrogen and oxygen atoms in total. The van der Waals surface area contributed by atoms with Crippen LogP contribution in [0, 0.1) is 0 Å². The van der Waals surface area contributed by atoms with Gasteiger partial charge in [0.25, 0.3) is 0 Å². The summed E-state index contributed by atoms with van der Waals surface area (Å²) in [7, 11) is 0. The number of amides is 1. The van der Waals surface area contributed by atoms with Crippen molar-refractivity contribution in [2.24, 2.45) is 5.73 Å². The third kappa shape index (κ3) is 39.6. The Balaban J connectivity index is 4.29. The van der Waals surface area contributed by atoms with Crippen LogP contribution in [0.1, 0.15) is 226 Å². The zero-order valence-electron chi connectivity index (χ0n) is 36.5. The molecule has 0 aromatic rings. The SMILES string of the molecule is CCCCC/C=C\C/C=C\CCCCCCCCCCCC(=O)OC(CCC/C=C\C/C=C\CCCCC)CCCCCCCC(=O)NC(CCCN)C(=O)O. The van der Waals surface area contributed by atoms with Crippen LogP contribution < -0.4 is 11.1 Å². The molecule has 0 aliphatic heterocycles. The summed E-state index contributed by atoms with van der Waals surface area (Å²) in [6.45, 7) is 4.89. The average molecular weight is 785 g/mol. The van der Waals surface area contributed by atoms with Crippen LogP contribution in [0.5, 0.6) is 0 Å². The number of nitrogens with one attached hydrogen (secondary N) is 1. The molecular formula is C49H88N2O5. The number of nitrogens with two attached hydrogens (primary N) is 1. The Labute approximate surface area is 345 Å². The van der Waals surface area contributed by atoms with E-state index in [1.165, 1.54) is 103 Å². The Morgan fingerprint density at radius 1 is 0.518 bits per heavy atom. The summed E-state index contributed by atoms with van der Waals surface area (Å²) in [6.07, 6.45) is 53.0. The third-order valence-corrected chi connectivity index (χ3v) is 10.4. The van der Waals surface area contributed by atoms with Gasteiger partial charge in [-0.3, -0.25) is 9.59 Å². The Morgan fingerprint density at radius 2 is 0.946 bits per heavy atom. The molecule has 0 saturated carbocycles. The molecule has 0 aromatic heterocycles. The second-order valence-corrected chi connectivity index (χ2v) is 15.8. The largest absolute Gasteiger partial charge is 0.480 e. The maximum absolute atomic E-state index is 12.8. The summed E-state index contributed by atoms with van der Waals surface area (Å²) in [5, 5.41) is 11.9. The maximum Gasteiger partial charge on any atom is 0.326 e. The zero-order valence-corrected chi connectivity index (χ0v) is 36.5. The molecule has 0 saturated heterocycles. The highest BCUT2D eigenvalue weighted by Crippen LogP contribution is 2.18. The van der Waals surface area contributed by atoms with E-state index >= 15 is 0 Å². The minimum Gasteiger partial charge on any atom is -0.480 e. The van der Waals surface area contributed by atoms with Gasteiger partial charge >= 0.3 is 11.9 Å². The molecule has 0 aliphatic rings. The van der Waals surface area contributed by atoms with Crippen LogP contribution in [0.2, 0.25) is 0 Å². The fraction of sp³-hybridized carbons (Fsp3) is 0.776. The summed E-state index contributed by atoms with van der Waals surface area (Å²) in [4.78, 5) is 36.4. The van der Waals surface area contributed by atoms with E-state index in [0.717, 1.165) is 83.5 Å². The Bertz CT molecular complexity index is 1020. The number of ether oxygens (including phenoxy) is 1. The van der Waals surface area contributed by atoms with Gasteiger partial charge in [-0.15, -0.1) is 0 Å². The van der Waals surface area contributed by atoms with E-state index < -0.39 is 12.0 Å². The third-order valence-electron chi connectivity index (χ3n) is 10.4. The van der Waals surface area contributed by atoms with Gasteiger partial charge in [-0.1, -0.05) is 152 Å². The first-order chi connectivity index (χ1) is 27.4. The van der Waals surface area contributed by atoms with Gasteiger partial charge in [0, 0.05) is 12.8 Å². The van der Waals surface area contributed by atoms with E-state index in [1.807, 2.05) is 0 Å². The molecule has 0 rings (SSSR count). The number of unbranched alkanes of at least 4 members (excludes halogenated alkanes) is 20. The molecule has 4 N–H and O–H groups in total. The first-order valence-electron chi connectivity index (χ1n) is 23.5. The monoisotopic (exact) mass is 785 g/mol. The normalized spacial score (nSPS) is 13.1. The van der Waals surface area contributed by atoms with Crippen molar-refractivity contribution in [1.82, 2.24) is 5.32 Å². The van der Waals surface area contributed by atoms with Crippen molar-refractivity contribution in [2.45, 2.75) is 238 Å². The predicted molar refractivity (Wildman–Crippen MR) is 239 cm³/mol. The number of esters is 1. The van der Waals surface area contributed by atoms with Crippen molar-refractivity contribution in [3.05, 3.63) is 48.6 Å². The molecule has 0 heterocycles. The molecular weight excluding hydrogens is 697 g/mol. The predicted octanol–water partition coefficient (Wildman–Crippen LogP) is 13.6. The fourth-order valence-corrected chi connectivity index (χ4v) is 6.81. The number of aliphatic carboxylic acids is 1. The molecule has 0 radical (unpaired) electrons. The van der Waals surface area contributed by atoms with Crippen LogP contribution in [0.15, 0.2) is 48.6 Å². The van der Waals surface area contributed by atoms with E-state index in [-0.39, 0.29) is 18.0 Å². The van der Waals surface area contributed by atoms with Crippen LogP contribution >= 0.6 is 0 Å². The van der Waals surface area contributed by atoms with Crippen molar-refractivity contribution < 1.29 is 24.2 Å². The number of allylic oxidation sites excluding steroid dienone is 8. The summed E-state index contributed by atoms with van der Waals surface area (Å²) in [5.41, 5.74) is 5.49. The molecule has 0 aliphatic carbocycles. The van der Waals surface area contributed by atoms with Gasteiger partial charge in [-0.05, 0) is 116 Å². The van der Waals surface area contributed by atoms with Crippen LogP contribution in [0.4, 0.5) is 0 Å². The molecule has 0 fully saturated rings. The molecule has 2 unspecified atom stereocenters. The van der Waals surface area contributed by atoms with E-state index in [4.69, 9.17) is 10.5 Å². The lowest BCUT2D eigenvalue weighted by molar-refractivity contribution is -0.150. The van der Waals surface area contributed by atoms with Gasteiger partial charge in [-0.2, -0.15) is 0 Å². The van der Waals surface area contributed by atoms with Crippen LogP contribution in [0.25, 0.3) is 0 Å². The van der Waals surface area contributed by atoms with Crippen molar-refractivity contribution >= 4 is 17.8 Å². The van der Waals surface area contributed by atoms with E-state index in [1.54, 1.807) is 0 Å². The van der Waals surface area contributed by atoms with Crippen molar-refractivity contribution in [3.63, 3.8) is 0 Å². The summed E-state index contributed by atoms with van der Waals surface area (Å²) in [6, 6.07) is -0.862. The Morgan fingerprint density at radius 3 is 1.45 bits per heavy atom. The lowest BCUT2D eigenvalue weighted by atomic mass is 10.0. The summed E-state index contributed by atoms with van der Waals surface area (Å²) >= 11 is 0. The molecule has 7 heteroatoms. The molecule has 324 valence electrons. The smallest absolute Gasteiger partial charge is 0.326 e. The van der Waals surface area contributed by atoms with Crippen molar-refractivity contribution in [2.75, 3.05) is 6.54 Å². The van der Waals surface area contributed by atoms with Crippen LogP contribution in [-0.2, 0) is 19.1 Å². The molecule has 0 spiro atoms. The average Bonchev–Trinajstić information content (AvgIpc) is 3.18. The lowest BCUT2D eigenvalue weighted by Gasteiger charge is -2.18. The van der Waals surface area contributed by atoms with Gasteiger partial charge in [-0.25, -0.2) is 4.79 Å². The number of carboxylic acids is 1. The standard InChI is InChI=1S/C49H88N2O5/c1-3-5-7-9-11-13-15-16-17-18-19-20-21-22-24-26-28-33-37-43-48(53)56-45(39-34-30-27-25-23-14-12-10-8-6-4-2)40-35-31-29-32-36-42-47(52)51-46(49(54)55)41-38-44-50/h11-14,16-17,25,27,45-46H,3-10,15,18-24,26,28-44,50H2,1-2H3,(H,51,52)(H,54,55)/b13-11-,14-12-,17-16-,27-25-. The number of rotatable bonds is 42. The molecule has 0 bridgehead atoms.